The van der Waals surface area contributed by atoms with Crippen LogP contribution < -0.4 is 10.7 Å². The van der Waals surface area contributed by atoms with Gasteiger partial charge in [-0.25, -0.2) is 4.39 Å². The van der Waals surface area contributed by atoms with E-state index in [-0.39, 0.29) is 11.6 Å². The Hall–Kier alpha value is -1.38. The molecule has 0 aromatic heterocycles. The van der Waals surface area contributed by atoms with E-state index in [0.29, 0.717) is 10.6 Å². The summed E-state index contributed by atoms with van der Waals surface area (Å²) < 4.78 is 50.6. The highest BCUT2D eigenvalue weighted by Gasteiger charge is 2.37. The molecule has 0 bridgehead atoms. The van der Waals surface area contributed by atoms with Gasteiger partial charge in [-0.3, -0.25) is 15.5 Å². The van der Waals surface area contributed by atoms with Crippen LogP contribution in [0, 0.1) is 5.82 Å². The van der Waals surface area contributed by atoms with Gasteiger partial charge in [0.15, 0.2) is 0 Å². The fraction of sp³-hybridized carbons (Fsp3) is 0.364. The van der Waals surface area contributed by atoms with Gasteiger partial charge in [-0.15, -0.1) is 0 Å². The van der Waals surface area contributed by atoms with Crippen LogP contribution in [0.5, 0.6) is 0 Å². The molecule has 1 saturated heterocycles. The molecule has 1 atom stereocenters. The maximum absolute atomic E-state index is 13.1. The van der Waals surface area contributed by atoms with Gasteiger partial charge in [0, 0.05) is 0 Å². The van der Waals surface area contributed by atoms with Gasteiger partial charge in [-0.1, -0.05) is 17.7 Å². The third kappa shape index (κ3) is 3.59. The van der Waals surface area contributed by atoms with E-state index in [0.717, 1.165) is 6.07 Å². The third-order valence-corrected chi connectivity index (χ3v) is 2.93. The van der Waals surface area contributed by atoms with Crippen molar-refractivity contribution in [1.82, 2.24) is 15.8 Å². The monoisotopic (exact) mass is 311 g/mol. The molecule has 1 aromatic carbocycles. The Labute approximate surface area is 116 Å². The summed E-state index contributed by atoms with van der Waals surface area (Å²) in [6.45, 7) is -1.49. The molecule has 1 unspecified atom stereocenters. The lowest BCUT2D eigenvalue weighted by Gasteiger charge is -2.37. The van der Waals surface area contributed by atoms with Gasteiger partial charge in [-0.2, -0.15) is 18.2 Å². The summed E-state index contributed by atoms with van der Waals surface area (Å²) in [4.78, 5) is 11.2. The molecule has 1 aliphatic rings. The van der Waals surface area contributed by atoms with Gasteiger partial charge >= 0.3 is 6.18 Å². The van der Waals surface area contributed by atoms with E-state index in [1.165, 1.54) is 12.1 Å². The Morgan fingerprint density at radius 1 is 1.40 bits per heavy atom. The van der Waals surface area contributed by atoms with Crippen molar-refractivity contribution < 1.29 is 22.4 Å². The number of halogens is 5. The molecule has 9 heteroatoms. The van der Waals surface area contributed by atoms with Gasteiger partial charge in [0.05, 0.1) is 11.6 Å². The zero-order chi connectivity index (χ0) is 14.9. The van der Waals surface area contributed by atoms with E-state index < -0.39 is 30.6 Å². The predicted molar refractivity (Wildman–Crippen MR) is 63.1 cm³/mol. The van der Waals surface area contributed by atoms with Crippen molar-refractivity contribution in [1.29, 1.82) is 0 Å². The first-order chi connectivity index (χ1) is 9.26. The molecule has 2 N–H and O–H groups in total. The van der Waals surface area contributed by atoms with Gasteiger partial charge in [0.2, 0.25) is 5.91 Å². The van der Waals surface area contributed by atoms with Gasteiger partial charge in [0.25, 0.3) is 0 Å². The van der Waals surface area contributed by atoms with Crippen LogP contribution in [0.2, 0.25) is 5.02 Å². The van der Waals surface area contributed by atoms with Crippen molar-refractivity contribution >= 4 is 17.5 Å². The van der Waals surface area contributed by atoms with E-state index in [4.69, 9.17) is 11.6 Å². The quantitative estimate of drug-likeness (QED) is 0.821. The summed E-state index contributed by atoms with van der Waals surface area (Å²) >= 11 is 5.61. The first kappa shape index (κ1) is 15.0. The molecule has 0 aliphatic carbocycles. The van der Waals surface area contributed by atoms with Crippen LogP contribution in [0.1, 0.15) is 11.7 Å². The van der Waals surface area contributed by atoms with Crippen LogP contribution >= 0.6 is 11.6 Å². The number of hydrogen-bond donors (Lipinski definition) is 2. The van der Waals surface area contributed by atoms with E-state index in [2.05, 4.69) is 10.7 Å². The second kappa shape index (κ2) is 5.55. The van der Waals surface area contributed by atoms with E-state index in [1.54, 1.807) is 0 Å². The molecule has 1 aliphatic heterocycles. The van der Waals surface area contributed by atoms with Crippen molar-refractivity contribution in [2.75, 3.05) is 13.1 Å². The second-order valence-electron chi connectivity index (χ2n) is 4.24. The van der Waals surface area contributed by atoms with E-state index in [9.17, 15) is 22.4 Å². The molecule has 20 heavy (non-hydrogen) atoms. The molecule has 1 fully saturated rings. The summed E-state index contributed by atoms with van der Waals surface area (Å²) in [6.07, 6.45) is -5.43. The zero-order valence-corrected chi connectivity index (χ0v) is 10.7. The average molecular weight is 312 g/mol. The number of nitrogens with zero attached hydrogens (tertiary/aromatic N) is 1. The lowest BCUT2D eigenvalue weighted by molar-refractivity contribution is -0.169. The van der Waals surface area contributed by atoms with Crippen molar-refractivity contribution in [3.63, 3.8) is 0 Å². The number of carbonyl (C=O) groups excluding carboxylic acids is 1. The van der Waals surface area contributed by atoms with Crippen molar-refractivity contribution in [2.24, 2.45) is 0 Å². The minimum Gasteiger partial charge on any atom is -0.288 e. The van der Waals surface area contributed by atoms with E-state index >= 15 is 0 Å². The lowest BCUT2D eigenvalue weighted by atomic mass is 10.1. The molecule has 1 aromatic rings. The minimum atomic E-state index is -4.49. The smallest absolute Gasteiger partial charge is 0.288 e. The molecule has 1 heterocycles. The Balaban J connectivity index is 2.26. The third-order valence-electron chi connectivity index (χ3n) is 2.64. The highest BCUT2D eigenvalue weighted by atomic mass is 35.5. The molecule has 110 valence electrons. The predicted octanol–water partition coefficient (Wildman–Crippen LogP) is 1.98. The van der Waals surface area contributed by atoms with Crippen molar-refractivity contribution in [3.8, 4) is 0 Å². The average Bonchev–Trinajstić information content (AvgIpc) is 2.31. The molecular weight excluding hydrogens is 302 g/mol. The normalized spacial score (nSPS) is 20.9. The summed E-state index contributed by atoms with van der Waals surface area (Å²) in [6, 6.07) is 3.58. The Morgan fingerprint density at radius 3 is 2.70 bits per heavy atom. The number of amides is 1. The number of hydrazine groups is 1. The van der Waals surface area contributed by atoms with Crippen LogP contribution in [0.3, 0.4) is 0 Å². The summed E-state index contributed by atoms with van der Waals surface area (Å²) in [7, 11) is 0. The fourth-order valence-corrected chi connectivity index (χ4v) is 2.06. The maximum atomic E-state index is 13.1. The van der Waals surface area contributed by atoms with E-state index in [1.807, 2.05) is 0 Å². The van der Waals surface area contributed by atoms with Crippen molar-refractivity contribution in [2.45, 2.75) is 12.3 Å². The SMILES string of the molecule is O=C1CNC(c2ccc(F)c(Cl)c2)N(CC(F)(F)F)N1. The molecule has 1 amide bonds. The summed E-state index contributed by atoms with van der Waals surface area (Å²) in [5.74, 6) is -1.25. The largest absolute Gasteiger partial charge is 0.403 e. The number of alkyl halides is 3. The summed E-state index contributed by atoms with van der Waals surface area (Å²) in [5, 5.41) is 3.14. The highest BCUT2D eigenvalue weighted by Crippen LogP contribution is 2.26. The maximum Gasteiger partial charge on any atom is 0.403 e. The van der Waals surface area contributed by atoms with Crippen LogP contribution in [-0.2, 0) is 4.79 Å². The number of rotatable bonds is 2. The zero-order valence-electron chi connectivity index (χ0n) is 9.97. The second-order valence-corrected chi connectivity index (χ2v) is 4.64. The minimum absolute atomic E-state index is 0.145. The molecule has 0 saturated carbocycles. The van der Waals surface area contributed by atoms with Gasteiger partial charge < -0.3 is 0 Å². The van der Waals surface area contributed by atoms with Crippen LogP contribution in [0.4, 0.5) is 17.6 Å². The Bertz CT molecular complexity index is 523. The number of hydrogen-bond acceptors (Lipinski definition) is 3. The van der Waals surface area contributed by atoms with Gasteiger partial charge in [0.1, 0.15) is 18.5 Å². The van der Waals surface area contributed by atoms with Crippen LogP contribution in [0.15, 0.2) is 18.2 Å². The molecular formula is C11H10ClF4N3O. The number of benzene rings is 1. The molecule has 0 spiro atoms. The summed E-state index contributed by atoms with van der Waals surface area (Å²) in [5.41, 5.74) is 2.45. The lowest BCUT2D eigenvalue weighted by Crippen LogP contribution is -2.59. The highest BCUT2D eigenvalue weighted by molar-refractivity contribution is 6.30. The standard InChI is InChI=1S/C11H10ClF4N3O/c12-7-3-6(1-2-8(7)13)10-17-4-9(20)18-19(10)5-11(14,15)16/h1-3,10,17H,4-5H2,(H,18,20). The molecule has 0 radical (unpaired) electrons. The first-order valence-electron chi connectivity index (χ1n) is 5.57. The van der Waals surface area contributed by atoms with Crippen molar-refractivity contribution in [3.05, 3.63) is 34.6 Å². The Morgan fingerprint density at radius 2 is 2.10 bits per heavy atom. The number of nitrogens with one attached hydrogen (secondary N) is 2. The van der Waals surface area contributed by atoms with Crippen LogP contribution in [0.25, 0.3) is 0 Å². The topological polar surface area (TPSA) is 44.4 Å². The van der Waals surface area contributed by atoms with Gasteiger partial charge in [-0.05, 0) is 17.7 Å². The Kier molecular flexibility index (Phi) is 4.17. The van der Waals surface area contributed by atoms with Crippen LogP contribution in [-0.4, -0.2) is 30.2 Å². The molecule has 2 rings (SSSR count). The number of carbonyl (C=O) groups is 1. The molecule has 4 nitrogen and oxygen atoms in total. The first-order valence-corrected chi connectivity index (χ1v) is 5.95. The fourth-order valence-electron chi connectivity index (χ4n) is 1.87.